The molecule has 2 aromatic carbocycles. The van der Waals surface area contributed by atoms with Gasteiger partial charge in [-0.1, -0.05) is 48.0 Å². The molecule has 0 amide bonds. The first kappa shape index (κ1) is 15.3. The van der Waals surface area contributed by atoms with Gasteiger partial charge in [-0.05, 0) is 44.0 Å². The molecule has 2 rings (SSSR count). The monoisotopic (exact) mass is 301 g/mol. The highest BCUT2D eigenvalue weighted by molar-refractivity contribution is 7.92. The Morgan fingerprint density at radius 1 is 1.05 bits per heavy atom. The maximum absolute atomic E-state index is 12.4. The Bertz CT molecular complexity index is 732. The van der Waals surface area contributed by atoms with Gasteiger partial charge in [0.2, 0.25) is 0 Å². The predicted octanol–water partition coefficient (Wildman–Crippen LogP) is 3.91. The Balaban J connectivity index is 2.30. The number of aryl methyl sites for hydroxylation is 1. The van der Waals surface area contributed by atoms with Crippen molar-refractivity contribution < 1.29 is 8.42 Å². The lowest BCUT2D eigenvalue weighted by molar-refractivity contribution is 0.601. The van der Waals surface area contributed by atoms with Crippen molar-refractivity contribution in [1.29, 1.82) is 0 Å². The number of para-hydroxylation sites is 1. The van der Waals surface area contributed by atoms with Crippen molar-refractivity contribution >= 4 is 15.7 Å². The van der Waals surface area contributed by atoms with Gasteiger partial charge in [0.25, 0.3) is 10.0 Å². The van der Waals surface area contributed by atoms with Crippen LogP contribution in [0.15, 0.2) is 65.6 Å². The zero-order valence-electron chi connectivity index (χ0n) is 12.2. The standard InChI is InChI=1S/C17H19NO2S/c1-3-4-7-15-8-5-6-9-17(15)18-21(19,20)16-12-10-14(2)11-13-16/h3-6,8-13,18H,7H2,1-2H3/b4-3+. The van der Waals surface area contributed by atoms with Gasteiger partial charge >= 0.3 is 0 Å². The summed E-state index contributed by atoms with van der Waals surface area (Å²) in [4.78, 5) is 0.272. The van der Waals surface area contributed by atoms with Gasteiger partial charge < -0.3 is 0 Å². The minimum Gasteiger partial charge on any atom is -0.279 e. The van der Waals surface area contributed by atoms with E-state index in [0.717, 1.165) is 11.1 Å². The van der Waals surface area contributed by atoms with Crippen LogP contribution in [-0.2, 0) is 16.4 Å². The molecule has 0 fully saturated rings. The Hall–Kier alpha value is -2.07. The Labute approximate surface area is 126 Å². The van der Waals surface area contributed by atoms with E-state index in [9.17, 15) is 8.42 Å². The highest BCUT2D eigenvalue weighted by Gasteiger charge is 2.15. The molecule has 3 nitrogen and oxygen atoms in total. The van der Waals surface area contributed by atoms with E-state index in [2.05, 4.69) is 4.72 Å². The summed E-state index contributed by atoms with van der Waals surface area (Å²) in [5.41, 5.74) is 2.60. The average Bonchev–Trinajstić information content (AvgIpc) is 2.46. The third kappa shape index (κ3) is 3.95. The topological polar surface area (TPSA) is 46.2 Å². The quantitative estimate of drug-likeness (QED) is 0.851. The van der Waals surface area contributed by atoms with Crippen molar-refractivity contribution in [3.63, 3.8) is 0 Å². The minimum atomic E-state index is -3.55. The second-order valence-electron chi connectivity index (χ2n) is 4.85. The molecule has 0 aliphatic carbocycles. The molecule has 0 radical (unpaired) electrons. The molecule has 0 heterocycles. The van der Waals surface area contributed by atoms with Crippen molar-refractivity contribution in [2.45, 2.75) is 25.2 Å². The first-order valence-corrected chi connectivity index (χ1v) is 8.30. The molecule has 0 bridgehead atoms. The first-order chi connectivity index (χ1) is 10.0. The lowest BCUT2D eigenvalue weighted by Crippen LogP contribution is -2.14. The summed E-state index contributed by atoms with van der Waals surface area (Å²) in [6, 6.07) is 14.3. The van der Waals surface area contributed by atoms with Gasteiger partial charge in [-0.2, -0.15) is 0 Å². The summed E-state index contributed by atoms with van der Waals surface area (Å²) >= 11 is 0. The fraction of sp³-hybridized carbons (Fsp3) is 0.176. The van der Waals surface area contributed by atoms with Crippen LogP contribution in [0.25, 0.3) is 0 Å². The van der Waals surface area contributed by atoms with Crippen molar-refractivity contribution in [1.82, 2.24) is 0 Å². The van der Waals surface area contributed by atoms with Gasteiger partial charge in [0.1, 0.15) is 0 Å². The van der Waals surface area contributed by atoms with Crippen LogP contribution in [0.4, 0.5) is 5.69 Å². The summed E-state index contributed by atoms with van der Waals surface area (Å²) in [5, 5.41) is 0. The fourth-order valence-electron chi connectivity index (χ4n) is 1.96. The average molecular weight is 301 g/mol. The van der Waals surface area contributed by atoms with Crippen LogP contribution in [0.5, 0.6) is 0 Å². The predicted molar refractivity (Wildman–Crippen MR) is 86.9 cm³/mol. The largest absolute Gasteiger partial charge is 0.279 e. The zero-order chi connectivity index (χ0) is 15.3. The Kier molecular flexibility index (Phi) is 4.81. The summed E-state index contributed by atoms with van der Waals surface area (Å²) in [7, 11) is -3.55. The molecule has 1 N–H and O–H groups in total. The third-order valence-electron chi connectivity index (χ3n) is 3.17. The molecule has 0 aliphatic rings. The van der Waals surface area contributed by atoms with E-state index >= 15 is 0 Å². The van der Waals surface area contributed by atoms with E-state index < -0.39 is 10.0 Å². The SMILES string of the molecule is C/C=C/Cc1ccccc1NS(=O)(=O)c1ccc(C)cc1. The molecular formula is C17H19NO2S. The van der Waals surface area contributed by atoms with E-state index in [1.807, 2.05) is 44.2 Å². The first-order valence-electron chi connectivity index (χ1n) is 6.81. The number of benzene rings is 2. The maximum Gasteiger partial charge on any atom is 0.261 e. The van der Waals surface area contributed by atoms with Crippen molar-refractivity contribution in [3.8, 4) is 0 Å². The minimum absolute atomic E-state index is 0.272. The molecule has 110 valence electrons. The number of allylic oxidation sites excluding steroid dienone is 2. The molecule has 0 saturated heterocycles. The van der Waals surface area contributed by atoms with Crippen molar-refractivity contribution in [3.05, 3.63) is 71.8 Å². The van der Waals surface area contributed by atoms with Crippen LogP contribution < -0.4 is 4.72 Å². The molecule has 0 atom stereocenters. The second-order valence-corrected chi connectivity index (χ2v) is 6.53. The van der Waals surface area contributed by atoms with Crippen LogP contribution in [0.2, 0.25) is 0 Å². The lowest BCUT2D eigenvalue weighted by Gasteiger charge is -2.12. The van der Waals surface area contributed by atoms with Crippen LogP contribution in [0.1, 0.15) is 18.1 Å². The molecule has 4 heteroatoms. The van der Waals surface area contributed by atoms with E-state index in [4.69, 9.17) is 0 Å². The second kappa shape index (κ2) is 6.59. The normalized spacial score (nSPS) is 11.7. The highest BCUT2D eigenvalue weighted by Crippen LogP contribution is 2.21. The van der Waals surface area contributed by atoms with Gasteiger partial charge in [-0.25, -0.2) is 8.42 Å². The number of hydrogen-bond acceptors (Lipinski definition) is 2. The maximum atomic E-state index is 12.4. The van der Waals surface area contributed by atoms with Gasteiger partial charge in [0.05, 0.1) is 10.6 Å². The van der Waals surface area contributed by atoms with Gasteiger partial charge in [0.15, 0.2) is 0 Å². The molecule has 0 unspecified atom stereocenters. The zero-order valence-corrected chi connectivity index (χ0v) is 13.0. The number of anilines is 1. The van der Waals surface area contributed by atoms with Crippen LogP contribution in [-0.4, -0.2) is 8.42 Å². The fourth-order valence-corrected chi connectivity index (χ4v) is 3.06. The molecule has 0 aromatic heterocycles. The molecular weight excluding hydrogens is 282 g/mol. The Morgan fingerprint density at radius 3 is 2.38 bits per heavy atom. The number of sulfonamides is 1. The molecule has 21 heavy (non-hydrogen) atoms. The molecule has 0 spiro atoms. The van der Waals surface area contributed by atoms with Crippen molar-refractivity contribution in [2.24, 2.45) is 0 Å². The van der Waals surface area contributed by atoms with Crippen LogP contribution >= 0.6 is 0 Å². The summed E-state index contributed by atoms with van der Waals surface area (Å²) < 4.78 is 27.5. The van der Waals surface area contributed by atoms with E-state index in [0.29, 0.717) is 12.1 Å². The van der Waals surface area contributed by atoms with Crippen LogP contribution in [0.3, 0.4) is 0 Å². The van der Waals surface area contributed by atoms with Gasteiger partial charge in [-0.15, -0.1) is 0 Å². The van der Waals surface area contributed by atoms with E-state index in [1.165, 1.54) is 0 Å². The van der Waals surface area contributed by atoms with Crippen molar-refractivity contribution in [2.75, 3.05) is 4.72 Å². The van der Waals surface area contributed by atoms with Crippen LogP contribution in [0, 0.1) is 6.92 Å². The summed E-state index contributed by atoms with van der Waals surface area (Å²) in [5.74, 6) is 0. The molecule has 0 saturated carbocycles. The third-order valence-corrected chi connectivity index (χ3v) is 4.55. The molecule has 0 aliphatic heterocycles. The number of hydrogen-bond donors (Lipinski definition) is 1. The lowest BCUT2D eigenvalue weighted by atomic mass is 10.1. The van der Waals surface area contributed by atoms with E-state index in [-0.39, 0.29) is 4.90 Å². The number of rotatable bonds is 5. The summed E-state index contributed by atoms with van der Waals surface area (Å²) in [6.45, 7) is 3.87. The highest BCUT2D eigenvalue weighted by atomic mass is 32.2. The smallest absolute Gasteiger partial charge is 0.261 e. The Morgan fingerprint density at radius 2 is 1.71 bits per heavy atom. The van der Waals surface area contributed by atoms with Gasteiger partial charge in [0, 0.05) is 0 Å². The molecule has 2 aromatic rings. The van der Waals surface area contributed by atoms with Gasteiger partial charge in [-0.3, -0.25) is 4.72 Å². The summed E-state index contributed by atoms with van der Waals surface area (Å²) in [6.07, 6.45) is 4.65. The number of nitrogens with one attached hydrogen (secondary N) is 1. The van der Waals surface area contributed by atoms with E-state index in [1.54, 1.807) is 30.3 Å².